The number of oxazole rings is 1. The van der Waals surface area contributed by atoms with Crippen molar-refractivity contribution < 1.29 is 4.42 Å². The second-order valence-corrected chi connectivity index (χ2v) is 11.6. The molecule has 7 aromatic carbocycles. The zero-order chi connectivity index (χ0) is 31.2. The number of hydrogen-bond acceptors (Lipinski definition) is 3. The van der Waals surface area contributed by atoms with Crippen LogP contribution in [-0.2, 0) is 0 Å². The minimum absolute atomic E-state index is 0.622. The molecule has 0 spiro atoms. The Bertz CT molecular complexity index is 2480. The van der Waals surface area contributed by atoms with Crippen molar-refractivity contribution in [3.63, 3.8) is 0 Å². The molecule has 0 saturated carbocycles. The van der Waals surface area contributed by atoms with Crippen molar-refractivity contribution in [2.45, 2.75) is 0 Å². The summed E-state index contributed by atoms with van der Waals surface area (Å²) in [6, 6.07) is 61.5. The molecule has 0 amide bonds. The first kappa shape index (κ1) is 27.0. The molecular weight excluding hydrogens is 574 g/mol. The molecule has 222 valence electrons. The number of benzene rings is 7. The highest BCUT2D eigenvalue weighted by molar-refractivity contribution is 6.16. The van der Waals surface area contributed by atoms with Crippen molar-refractivity contribution in [1.29, 1.82) is 0 Å². The van der Waals surface area contributed by atoms with E-state index < -0.39 is 0 Å². The summed E-state index contributed by atoms with van der Waals surface area (Å²) in [6.45, 7) is 0. The lowest BCUT2D eigenvalue weighted by Crippen LogP contribution is -2.10. The van der Waals surface area contributed by atoms with Crippen molar-refractivity contribution in [2.24, 2.45) is 0 Å². The Morgan fingerprint density at radius 1 is 0.489 bits per heavy atom. The molecule has 9 rings (SSSR count). The first-order chi connectivity index (χ1) is 23.3. The molecule has 47 heavy (non-hydrogen) atoms. The largest absolute Gasteiger partial charge is 0.436 e. The second-order valence-electron chi connectivity index (χ2n) is 11.6. The van der Waals surface area contributed by atoms with E-state index in [9.17, 15) is 0 Å². The van der Waals surface area contributed by atoms with Crippen LogP contribution in [0.1, 0.15) is 0 Å². The summed E-state index contributed by atoms with van der Waals surface area (Å²) in [4.78, 5) is 7.23. The van der Waals surface area contributed by atoms with Gasteiger partial charge in [-0.2, -0.15) is 0 Å². The van der Waals surface area contributed by atoms with Crippen LogP contribution in [0.3, 0.4) is 0 Å². The van der Waals surface area contributed by atoms with Crippen LogP contribution in [0.5, 0.6) is 0 Å². The Balaban J connectivity index is 1.30. The van der Waals surface area contributed by atoms with Gasteiger partial charge in [-0.25, -0.2) is 4.98 Å². The lowest BCUT2D eigenvalue weighted by Gasteiger charge is -2.26. The molecule has 0 unspecified atom stereocenters. The maximum Gasteiger partial charge on any atom is 0.228 e. The highest BCUT2D eigenvalue weighted by Crippen LogP contribution is 2.43. The van der Waals surface area contributed by atoms with Crippen LogP contribution < -0.4 is 4.90 Å². The fourth-order valence-corrected chi connectivity index (χ4v) is 6.70. The van der Waals surface area contributed by atoms with Gasteiger partial charge in [-0.3, -0.25) is 0 Å². The molecule has 0 aliphatic carbocycles. The fraction of sp³-hybridized carbons (Fsp3) is 0. The minimum Gasteiger partial charge on any atom is -0.436 e. The van der Waals surface area contributed by atoms with Crippen LogP contribution in [0.4, 0.5) is 17.1 Å². The van der Waals surface area contributed by atoms with Gasteiger partial charge < -0.3 is 13.9 Å². The van der Waals surface area contributed by atoms with E-state index in [0.717, 1.165) is 61.2 Å². The quantitative estimate of drug-likeness (QED) is 0.190. The number of nitrogens with zero attached hydrogens (tertiary/aromatic N) is 3. The summed E-state index contributed by atoms with van der Waals surface area (Å²) < 4.78 is 8.67. The van der Waals surface area contributed by atoms with E-state index >= 15 is 0 Å². The van der Waals surface area contributed by atoms with E-state index in [1.165, 1.54) is 11.1 Å². The van der Waals surface area contributed by atoms with Gasteiger partial charge in [0.15, 0.2) is 5.58 Å². The molecule has 0 N–H and O–H groups in total. The number of para-hydroxylation sites is 4. The van der Waals surface area contributed by atoms with Crippen LogP contribution in [0, 0.1) is 0 Å². The molecule has 0 atom stereocenters. The molecule has 0 saturated heterocycles. The van der Waals surface area contributed by atoms with Gasteiger partial charge in [0.2, 0.25) is 5.89 Å². The number of aromatic nitrogens is 2. The topological polar surface area (TPSA) is 34.2 Å². The van der Waals surface area contributed by atoms with Crippen LogP contribution >= 0.6 is 0 Å². The summed E-state index contributed by atoms with van der Waals surface area (Å²) in [5.41, 5.74) is 11.5. The third-order valence-electron chi connectivity index (χ3n) is 8.80. The molecule has 2 heterocycles. The lowest BCUT2D eigenvalue weighted by atomic mass is 10.0. The monoisotopic (exact) mass is 603 g/mol. The molecule has 2 aromatic heterocycles. The van der Waals surface area contributed by atoms with E-state index in [0.29, 0.717) is 5.89 Å². The standard InChI is InChI=1S/C43H29N3O/c1-4-14-30(15-5-1)31-16-12-21-34(28-31)45(32-17-6-2-7-18-32)35-26-27-36-40(29-35)46(33-19-8-3-9-20-33)39-24-13-22-37(42(36)39)43-44-38-23-10-11-25-41(38)47-43/h1-29H. The van der Waals surface area contributed by atoms with E-state index in [1.807, 2.05) is 24.3 Å². The van der Waals surface area contributed by atoms with Crippen LogP contribution in [0.25, 0.3) is 61.2 Å². The van der Waals surface area contributed by atoms with Crippen LogP contribution in [-0.4, -0.2) is 9.55 Å². The number of fused-ring (bicyclic) bond motifs is 4. The summed E-state index contributed by atoms with van der Waals surface area (Å²) in [6.07, 6.45) is 0. The van der Waals surface area contributed by atoms with Crippen molar-refractivity contribution in [3.05, 3.63) is 176 Å². The molecule has 0 aliphatic rings. The van der Waals surface area contributed by atoms with Crippen molar-refractivity contribution in [3.8, 4) is 28.3 Å². The van der Waals surface area contributed by atoms with Gasteiger partial charge >= 0.3 is 0 Å². The smallest absolute Gasteiger partial charge is 0.228 e. The Morgan fingerprint density at radius 3 is 1.96 bits per heavy atom. The fourth-order valence-electron chi connectivity index (χ4n) is 6.70. The maximum atomic E-state index is 6.32. The van der Waals surface area contributed by atoms with E-state index in [4.69, 9.17) is 9.40 Å². The maximum absolute atomic E-state index is 6.32. The number of hydrogen-bond donors (Lipinski definition) is 0. The Kier molecular flexibility index (Phi) is 6.43. The second kappa shape index (κ2) is 11.2. The molecule has 0 radical (unpaired) electrons. The molecule has 0 bridgehead atoms. The molecule has 9 aromatic rings. The third kappa shape index (κ3) is 4.66. The summed E-state index contributed by atoms with van der Waals surface area (Å²) in [5, 5.41) is 2.25. The normalized spacial score (nSPS) is 11.4. The molecule has 0 fully saturated rings. The van der Waals surface area contributed by atoms with E-state index in [2.05, 4.69) is 161 Å². The Hall–Kier alpha value is -6.39. The summed E-state index contributed by atoms with van der Waals surface area (Å²) in [5.74, 6) is 0.622. The average molecular weight is 604 g/mol. The SMILES string of the molecule is c1ccc(-c2cccc(N(c3ccccc3)c3ccc4c5c(-c6nc7ccccc7o6)cccc5n(-c5ccccc5)c4c3)c2)cc1. The first-order valence-corrected chi connectivity index (χ1v) is 15.8. The van der Waals surface area contributed by atoms with Gasteiger partial charge in [0.25, 0.3) is 0 Å². The van der Waals surface area contributed by atoms with Crippen molar-refractivity contribution in [2.75, 3.05) is 4.90 Å². The van der Waals surface area contributed by atoms with Gasteiger partial charge in [0.1, 0.15) is 5.52 Å². The third-order valence-corrected chi connectivity index (χ3v) is 8.80. The average Bonchev–Trinajstić information content (AvgIpc) is 3.72. The Labute approximate surface area is 272 Å². The highest BCUT2D eigenvalue weighted by atomic mass is 16.3. The zero-order valence-electron chi connectivity index (χ0n) is 25.5. The highest BCUT2D eigenvalue weighted by Gasteiger charge is 2.21. The predicted molar refractivity (Wildman–Crippen MR) is 194 cm³/mol. The molecule has 0 aliphatic heterocycles. The van der Waals surface area contributed by atoms with Crippen molar-refractivity contribution in [1.82, 2.24) is 9.55 Å². The van der Waals surface area contributed by atoms with Gasteiger partial charge in [0.05, 0.1) is 11.0 Å². The summed E-state index contributed by atoms with van der Waals surface area (Å²) in [7, 11) is 0. The van der Waals surface area contributed by atoms with Crippen LogP contribution in [0.15, 0.2) is 180 Å². The predicted octanol–water partition coefficient (Wildman–Crippen LogP) is 11.7. The van der Waals surface area contributed by atoms with Gasteiger partial charge in [-0.05, 0) is 83.9 Å². The molecule has 4 nitrogen and oxygen atoms in total. The van der Waals surface area contributed by atoms with Crippen molar-refractivity contribution >= 4 is 50.0 Å². The van der Waals surface area contributed by atoms with E-state index in [1.54, 1.807) is 0 Å². The minimum atomic E-state index is 0.622. The summed E-state index contributed by atoms with van der Waals surface area (Å²) >= 11 is 0. The number of rotatable bonds is 6. The van der Waals surface area contributed by atoms with Crippen LogP contribution in [0.2, 0.25) is 0 Å². The van der Waals surface area contributed by atoms with Gasteiger partial charge in [-0.1, -0.05) is 103 Å². The zero-order valence-corrected chi connectivity index (χ0v) is 25.5. The lowest BCUT2D eigenvalue weighted by molar-refractivity contribution is 0.620. The molecule has 4 heteroatoms. The van der Waals surface area contributed by atoms with Gasteiger partial charge in [0, 0.05) is 39.1 Å². The van der Waals surface area contributed by atoms with Gasteiger partial charge in [-0.15, -0.1) is 0 Å². The first-order valence-electron chi connectivity index (χ1n) is 15.8. The Morgan fingerprint density at radius 2 is 1.15 bits per heavy atom. The number of anilines is 3. The molecular formula is C43H29N3O. The van der Waals surface area contributed by atoms with E-state index in [-0.39, 0.29) is 0 Å².